The monoisotopic (exact) mass is 221 g/mol. The van der Waals surface area contributed by atoms with Gasteiger partial charge in [-0.1, -0.05) is 6.07 Å². The zero-order chi connectivity index (χ0) is 10.7. The molecule has 0 bridgehead atoms. The number of nitrogens with two attached hydrogens (primary N) is 1. The Balaban J connectivity index is 2.35. The van der Waals surface area contributed by atoms with Gasteiger partial charge in [0.2, 0.25) is 5.88 Å². The fourth-order valence-corrected chi connectivity index (χ4v) is 1.93. The summed E-state index contributed by atoms with van der Waals surface area (Å²) in [5, 5.41) is 0.870. The Labute approximate surface area is 91.8 Å². The van der Waals surface area contributed by atoms with Crippen LogP contribution in [0.5, 0.6) is 5.88 Å². The molecule has 15 heavy (non-hydrogen) atoms. The first-order valence-electron chi connectivity index (χ1n) is 4.49. The van der Waals surface area contributed by atoms with Crippen molar-refractivity contribution >= 4 is 11.3 Å². The number of pyridine rings is 1. The molecule has 2 rings (SSSR count). The predicted octanol–water partition coefficient (Wildman–Crippen LogP) is 1.67. The van der Waals surface area contributed by atoms with Crippen LogP contribution in [-0.4, -0.2) is 17.1 Å². The number of hydrogen-bond acceptors (Lipinski definition) is 5. The first-order valence-corrected chi connectivity index (χ1v) is 5.31. The molecule has 5 heteroatoms. The van der Waals surface area contributed by atoms with Crippen LogP contribution in [0.2, 0.25) is 0 Å². The van der Waals surface area contributed by atoms with Crippen LogP contribution in [-0.2, 0) is 6.54 Å². The SMILES string of the molecule is COc1cccc(-c2ncc(CN)s2)n1. The summed E-state index contributed by atoms with van der Waals surface area (Å²) in [6.45, 7) is 0.516. The number of nitrogens with zero attached hydrogens (tertiary/aromatic N) is 2. The summed E-state index contributed by atoms with van der Waals surface area (Å²) in [7, 11) is 1.60. The highest BCUT2D eigenvalue weighted by Crippen LogP contribution is 2.24. The summed E-state index contributed by atoms with van der Waals surface area (Å²) in [6, 6.07) is 5.60. The normalized spacial score (nSPS) is 10.3. The molecule has 0 aliphatic rings. The quantitative estimate of drug-likeness (QED) is 0.856. The van der Waals surface area contributed by atoms with Crippen molar-refractivity contribution in [3.05, 3.63) is 29.3 Å². The molecular weight excluding hydrogens is 210 g/mol. The molecule has 0 saturated heterocycles. The molecule has 0 aliphatic heterocycles. The second-order valence-corrected chi connectivity index (χ2v) is 4.02. The molecule has 0 spiro atoms. The average molecular weight is 221 g/mol. The maximum Gasteiger partial charge on any atom is 0.213 e. The van der Waals surface area contributed by atoms with E-state index in [9.17, 15) is 0 Å². The van der Waals surface area contributed by atoms with Gasteiger partial charge in [0.25, 0.3) is 0 Å². The summed E-state index contributed by atoms with van der Waals surface area (Å²) < 4.78 is 5.05. The highest BCUT2D eigenvalue weighted by Gasteiger charge is 2.05. The van der Waals surface area contributed by atoms with Crippen molar-refractivity contribution in [3.63, 3.8) is 0 Å². The number of aromatic nitrogens is 2. The van der Waals surface area contributed by atoms with Gasteiger partial charge in [-0.25, -0.2) is 9.97 Å². The highest BCUT2D eigenvalue weighted by atomic mass is 32.1. The molecule has 0 saturated carbocycles. The third-order valence-electron chi connectivity index (χ3n) is 1.91. The van der Waals surface area contributed by atoms with Gasteiger partial charge in [-0.05, 0) is 6.07 Å². The van der Waals surface area contributed by atoms with Crippen molar-refractivity contribution in [1.82, 2.24) is 9.97 Å². The lowest BCUT2D eigenvalue weighted by Gasteiger charge is -1.99. The van der Waals surface area contributed by atoms with Crippen molar-refractivity contribution in [1.29, 1.82) is 0 Å². The molecular formula is C10H11N3OS. The van der Waals surface area contributed by atoms with Crippen molar-refractivity contribution < 1.29 is 4.74 Å². The van der Waals surface area contributed by atoms with Crippen LogP contribution in [0.1, 0.15) is 4.88 Å². The van der Waals surface area contributed by atoms with E-state index in [-0.39, 0.29) is 0 Å². The average Bonchev–Trinajstić information content (AvgIpc) is 2.78. The van der Waals surface area contributed by atoms with Gasteiger partial charge in [-0.15, -0.1) is 11.3 Å². The first-order chi connectivity index (χ1) is 7.33. The van der Waals surface area contributed by atoms with Crippen molar-refractivity contribution in [2.24, 2.45) is 5.73 Å². The largest absolute Gasteiger partial charge is 0.481 e. The summed E-state index contributed by atoms with van der Waals surface area (Å²) in [4.78, 5) is 9.60. The Morgan fingerprint density at radius 2 is 2.33 bits per heavy atom. The van der Waals surface area contributed by atoms with Gasteiger partial charge >= 0.3 is 0 Å². The first kappa shape index (κ1) is 10.1. The molecule has 0 fully saturated rings. The van der Waals surface area contributed by atoms with Crippen molar-refractivity contribution in [3.8, 4) is 16.6 Å². The van der Waals surface area contributed by atoms with E-state index in [1.54, 1.807) is 30.7 Å². The number of methoxy groups -OCH3 is 1. The van der Waals surface area contributed by atoms with Crippen LogP contribution in [0.15, 0.2) is 24.4 Å². The van der Waals surface area contributed by atoms with Gasteiger partial charge in [0.1, 0.15) is 10.7 Å². The van der Waals surface area contributed by atoms with Gasteiger partial charge < -0.3 is 10.5 Å². The molecule has 0 amide bonds. The van der Waals surface area contributed by atoms with E-state index in [1.807, 2.05) is 12.1 Å². The Morgan fingerprint density at radius 1 is 1.47 bits per heavy atom. The summed E-state index contributed by atoms with van der Waals surface area (Å²) in [5.74, 6) is 0.594. The molecule has 0 radical (unpaired) electrons. The molecule has 0 atom stereocenters. The van der Waals surface area contributed by atoms with E-state index in [0.29, 0.717) is 12.4 Å². The van der Waals surface area contributed by atoms with Gasteiger partial charge in [0, 0.05) is 23.7 Å². The summed E-state index contributed by atoms with van der Waals surface area (Å²) in [5.41, 5.74) is 6.34. The standard InChI is InChI=1S/C10H11N3OS/c1-14-9-4-2-3-8(13-9)10-12-6-7(5-11)15-10/h2-4,6H,5,11H2,1H3. The van der Waals surface area contributed by atoms with E-state index in [1.165, 1.54) is 0 Å². The highest BCUT2D eigenvalue weighted by molar-refractivity contribution is 7.14. The maximum atomic E-state index is 5.52. The minimum absolute atomic E-state index is 0.516. The van der Waals surface area contributed by atoms with Crippen molar-refractivity contribution in [2.75, 3.05) is 7.11 Å². The zero-order valence-corrected chi connectivity index (χ0v) is 9.12. The molecule has 2 aromatic heterocycles. The second kappa shape index (κ2) is 4.37. The van der Waals surface area contributed by atoms with Crippen molar-refractivity contribution in [2.45, 2.75) is 6.54 Å². The molecule has 4 nitrogen and oxygen atoms in total. The number of ether oxygens (including phenoxy) is 1. The molecule has 78 valence electrons. The maximum absolute atomic E-state index is 5.52. The predicted molar refractivity (Wildman–Crippen MR) is 59.8 cm³/mol. The van der Waals surface area contributed by atoms with Crippen LogP contribution < -0.4 is 10.5 Å². The minimum atomic E-state index is 0.516. The second-order valence-electron chi connectivity index (χ2n) is 2.90. The molecule has 0 aromatic carbocycles. The lowest BCUT2D eigenvalue weighted by molar-refractivity contribution is 0.398. The van der Waals surface area contributed by atoms with Gasteiger partial charge in [0.15, 0.2) is 0 Å². The molecule has 0 unspecified atom stereocenters. The van der Waals surface area contributed by atoms with Gasteiger partial charge in [-0.2, -0.15) is 0 Å². The van der Waals surface area contributed by atoms with E-state index in [4.69, 9.17) is 10.5 Å². The van der Waals surface area contributed by atoms with Crippen LogP contribution in [0.4, 0.5) is 0 Å². The van der Waals surface area contributed by atoms with E-state index < -0.39 is 0 Å². The third-order valence-corrected chi connectivity index (χ3v) is 2.95. The summed E-state index contributed by atoms with van der Waals surface area (Å²) in [6.07, 6.45) is 1.78. The lowest BCUT2D eigenvalue weighted by Crippen LogP contribution is -1.91. The molecule has 2 aromatic rings. The Hall–Kier alpha value is -1.46. The van der Waals surface area contributed by atoms with E-state index in [0.717, 1.165) is 15.6 Å². The Kier molecular flexibility index (Phi) is 2.94. The number of rotatable bonds is 3. The lowest BCUT2D eigenvalue weighted by atomic mass is 10.3. The number of thiazole rings is 1. The van der Waals surface area contributed by atoms with E-state index in [2.05, 4.69) is 9.97 Å². The summed E-state index contributed by atoms with van der Waals surface area (Å²) >= 11 is 1.55. The molecule has 0 aliphatic carbocycles. The van der Waals surface area contributed by atoms with Crippen LogP contribution in [0.25, 0.3) is 10.7 Å². The van der Waals surface area contributed by atoms with E-state index >= 15 is 0 Å². The third kappa shape index (κ3) is 2.14. The van der Waals surface area contributed by atoms with Crippen LogP contribution in [0, 0.1) is 0 Å². The van der Waals surface area contributed by atoms with Gasteiger partial charge in [-0.3, -0.25) is 0 Å². The zero-order valence-electron chi connectivity index (χ0n) is 8.30. The Morgan fingerprint density at radius 3 is 3.00 bits per heavy atom. The van der Waals surface area contributed by atoms with Crippen LogP contribution in [0.3, 0.4) is 0 Å². The molecule has 2 N–H and O–H groups in total. The minimum Gasteiger partial charge on any atom is -0.481 e. The Bertz CT molecular complexity index is 455. The fourth-order valence-electron chi connectivity index (χ4n) is 1.17. The van der Waals surface area contributed by atoms with Crippen LogP contribution >= 0.6 is 11.3 Å². The number of hydrogen-bond donors (Lipinski definition) is 1. The van der Waals surface area contributed by atoms with Gasteiger partial charge in [0.05, 0.1) is 7.11 Å². The molecule has 2 heterocycles. The topological polar surface area (TPSA) is 61.0 Å². The smallest absolute Gasteiger partial charge is 0.213 e. The fraction of sp³-hybridized carbons (Fsp3) is 0.200.